The van der Waals surface area contributed by atoms with Crippen LogP contribution >= 0.6 is 0 Å². The molecule has 0 radical (unpaired) electrons. The first kappa shape index (κ1) is 10.7. The monoisotopic (exact) mass is 184 g/mol. The summed E-state index contributed by atoms with van der Waals surface area (Å²) in [5, 5.41) is 0. The van der Waals surface area contributed by atoms with Gasteiger partial charge in [0.2, 0.25) is 0 Å². The topological polar surface area (TPSA) is 26.3 Å². The van der Waals surface area contributed by atoms with Crippen LogP contribution in [0.2, 0.25) is 0 Å². The summed E-state index contributed by atoms with van der Waals surface area (Å²) in [7, 11) is 0. The van der Waals surface area contributed by atoms with Gasteiger partial charge in [-0.25, -0.2) is 0 Å². The van der Waals surface area contributed by atoms with E-state index in [9.17, 15) is 4.79 Å². The van der Waals surface area contributed by atoms with Crippen LogP contribution in [0.5, 0.6) is 0 Å². The first-order valence-corrected chi connectivity index (χ1v) is 5.40. The van der Waals surface area contributed by atoms with Crippen LogP contribution in [-0.4, -0.2) is 18.5 Å². The fraction of sp³-hybridized carbons (Fsp3) is 0.909. The van der Waals surface area contributed by atoms with E-state index in [0.29, 0.717) is 6.42 Å². The lowest BCUT2D eigenvalue weighted by atomic mass is 9.91. The quantitative estimate of drug-likeness (QED) is 0.496. The van der Waals surface area contributed by atoms with Gasteiger partial charge < -0.3 is 9.53 Å². The second-order valence-corrected chi connectivity index (χ2v) is 3.90. The van der Waals surface area contributed by atoms with Gasteiger partial charge in [0.25, 0.3) is 0 Å². The van der Waals surface area contributed by atoms with Gasteiger partial charge in [-0.05, 0) is 19.8 Å². The van der Waals surface area contributed by atoms with Crippen molar-refractivity contribution in [1.82, 2.24) is 0 Å². The average molecular weight is 184 g/mol. The molecule has 0 atom stereocenters. The van der Waals surface area contributed by atoms with E-state index in [4.69, 9.17) is 4.74 Å². The minimum atomic E-state index is -0.104. The molecule has 76 valence electrons. The van der Waals surface area contributed by atoms with Crippen LogP contribution < -0.4 is 0 Å². The number of rotatable bonds is 4. The summed E-state index contributed by atoms with van der Waals surface area (Å²) in [5.74, 6) is 0. The maximum absolute atomic E-state index is 10.6. The standard InChI is InChI=1S/C11H20O2/c1-2-13-11(9-10-12)7-5-3-4-6-8-11/h10H,2-9H2,1H3. The van der Waals surface area contributed by atoms with Gasteiger partial charge in [-0.2, -0.15) is 0 Å². The number of hydrogen-bond acceptors (Lipinski definition) is 2. The molecule has 2 heteroatoms. The Morgan fingerprint density at radius 2 is 1.85 bits per heavy atom. The summed E-state index contributed by atoms with van der Waals surface area (Å²) in [6, 6.07) is 0. The molecule has 0 heterocycles. The van der Waals surface area contributed by atoms with Gasteiger partial charge >= 0.3 is 0 Å². The van der Waals surface area contributed by atoms with Crippen LogP contribution in [0.15, 0.2) is 0 Å². The molecule has 1 saturated carbocycles. The third-order valence-corrected chi connectivity index (χ3v) is 2.92. The van der Waals surface area contributed by atoms with Gasteiger partial charge in [0.15, 0.2) is 0 Å². The molecule has 1 aliphatic carbocycles. The Balaban J connectivity index is 2.55. The highest BCUT2D eigenvalue weighted by Crippen LogP contribution is 2.32. The number of hydrogen-bond donors (Lipinski definition) is 0. The Morgan fingerprint density at radius 3 is 2.31 bits per heavy atom. The van der Waals surface area contributed by atoms with E-state index in [2.05, 4.69) is 0 Å². The molecule has 0 spiro atoms. The Hall–Kier alpha value is -0.370. The fourth-order valence-corrected chi connectivity index (χ4v) is 2.24. The molecule has 0 N–H and O–H groups in total. The summed E-state index contributed by atoms with van der Waals surface area (Å²) < 4.78 is 5.76. The van der Waals surface area contributed by atoms with Gasteiger partial charge in [-0.1, -0.05) is 25.7 Å². The van der Waals surface area contributed by atoms with Gasteiger partial charge in [-0.3, -0.25) is 0 Å². The minimum Gasteiger partial charge on any atom is -0.375 e. The minimum absolute atomic E-state index is 0.104. The Kier molecular flexibility index (Phi) is 4.43. The molecule has 0 saturated heterocycles. The highest BCUT2D eigenvalue weighted by atomic mass is 16.5. The average Bonchev–Trinajstić information content (AvgIpc) is 2.32. The smallest absolute Gasteiger partial charge is 0.122 e. The normalized spacial score (nSPS) is 22.2. The van der Waals surface area contributed by atoms with Crippen LogP contribution in [0.25, 0.3) is 0 Å². The summed E-state index contributed by atoms with van der Waals surface area (Å²) in [6.07, 6.45) is 8.77. The van der Waals surface area contributed by atoms with E-state index in [-0.39, 0.29) is 5.60 Å². The molecule has 0 aromatic carbocycles. The second-order valence-electron chi connectivity index (χ2n) is 3.90. The van der Waals surface area contributed by atoms with E-state index in [0.717, 1.165) is 25.7 Å². The van der Waals surface area contributed by atoms with Crippen molar-refractivity contribution in [3.05, 3.63) is 0 Å². The van der Waals surface area contributed by atoms with Crippen LogP contribution in [0.4, 0.5) is 0 Å². The van der Waals surface area contributed by atoms with Crippen molar-refractivity contribution in [1.29, 1.82) is 0 Å². The zero-order chi connectivity index (χ0) is 9.57. The van der Waals surface area contributed by atoms with Crippen LogP contribution in [-0.2, 0) is 9.53 Å². The van der Waals surface area contributed by atoms with Crippen molar-refractivity contribution in [2.45, 2.75) is 57.5 Å². The second kappa shape index (κ2) is 5.38. The molecule has 2 nitrogen and oxygen atoms in total. The third-order valence-electron chi connectivity index (χ3n) is 2.92. The molecule has 1 rings (SSSR count). The van der Waals surface area contributed by atoms with Gasteiger partial charge in [0.05, 0.1) is 5.60 Å². The molecule has 0 aromatic rings. The SMILES string of the molecule is CCOC1(CC=O)CCCCCC1. The predicted molar refractivity (Wildman–Crippen MR) is 52.7 cm³/mol. The lowest BCUT2D eigenvalue weighted by molar-refractivity contribution is -0.117. The molecule has 0 unspecified atom stereocenters. The van der Waals surface area contributed by atoms with E-state index in [1.165, 1.54) is 25.7 Å². The zero-order valence-corrected chi connectivity index (χ0v) is 8.55. The highest BCUT2D eigenvalue weighted by molar-refractivity contribution is 5.51. The summed E-state index contributed by atoms with van der Waals surface area (Å²) in [4.78, 5) is 10.6. The lowest BCUT2D eigenvalue weighted by Gasteiger charge is -2.30. The van der Waals surface area contributed by atoms with Crippen LogP contribution in [0, 0.1) is 0 Å². The van der Waals surface area contributed by atoms with E-state index in [1.807, 2.05) is 6.92 Å². The summed E-state index contributed by atoms with van der Waals surface area (Å²) in [5.41, 5.74) is -0.104. The number of aldehydes is 1. The van der Waals surface area contributed by atoms with Crippen LogP contribution in [0.1, 0.15) is 51.9 Å². The number of carbonyl (C=O) groups excluding carboxylic acids is 1. The number of carbonyl (C=O) groups is 1. The molecule has 0 bridgehead atoms. The van der Waals surface area contributed by atoms with Gasteiger partial charge in [0, 0.05) is 13.0 Å². The molecule has 1 fully saturated rings. The highest BCUT2D eigenvalue weighted by Gasteiger charge is 2.30. The maximum Gasteiger partial charge on any atom is 0.122 e. The fourth-order valence-electron chi connectivity index (χ4n) is 2.24. The molecular formula is C11H20O2. The maximum atomic E-state index is 10.6. The first-order valence-electron chi connectivity index (χ1n) is 5.40. The van der Waals surface area contributed by atoms with Crippen molar-refractivity contribution >= 4 is 6.29 Å². The van der Waals surface area contributed by atoms with Crippen molar-refractivity contribution < 1.29 is 9.53 Å². The Bertz CT molecular complexity index is 146. The molecule has 0 amide bonds. The van der Waals surface area contributed by atoms with Crippen LogP contribution in [0.3, 0.4) is 0 Å². The van der Waals surface area contributed by atoms with E-state index in [1.54, 1.807) is 0 Å². The van der Waals surface area contributed by atoms with Crippen molar-refractivity contribution in [3.63, 3.8) is 0 Å². The van der Waals surface area contributed by atoms with E-state index >= 15 is 0 Å². The predicted octanol–water partition coefficient (Wildman–Crippen LogP) is 2.70. The summed E-state index contributed by atoms with van der Waals surface area (Å²) >= 11 is 0. The van der Waals surface area contributed by atoms with Crippen molar-refractivity contribution in [2.75, 3.05) is 6.61 Å². The molecule has 0 aromatic heterocycles. The Labute approximate surface area is 80.7 Å². The third kappa shape index (κ3) is 3.11. The van der Waals surface area contributed by atoms with E-state index < -0.39 is 0 Å². The van der Waals surface area contributed by atoms with Gasteiger partial charge in [-0.15, -0.1) is 0 Å². The molecular weight excluding hydrogens is 164 g/mol. The molecule has 13 heavy (non-hydrogen) atoms. The lowest BCUT2D eigenvalue weighted by Crippen LogP contribution is -2.32. The molecule has 1 aliphatic rings. The zero-order valence-electron chi connectivity index (χ0n) is 8.55. The van der Waals surface area contributed by atoms with Crippen molar-refractivity contribution in [2.24, 2.45) is 0 Å². The van der Waals surface area contributed by atoms with Crippen molar-refractivity contribution in [3.8, 4) is 0 Å². The largest absolute Gasteiger partial charge is 0.375 e. The van der Waals surface area contributed by atoms with Gasteiger partial charge in [0.1, 0.15) is 6.29 Å². The Morgan fingerprint density at radius 1 is 1.23 bits per heavy atom. The summed E-state index contributed by atoms with van der Waals surface area (Å²) in [6.45, 7) is 2.74. The molecule has 0 aliphatic heterocycles. The number of ether oxygens (including phenoxy) is 1. The first-order chi connectivity index (χ1) is 6.33.